The molecule has 0 aliphatic rings. The zero-order valence-corrected chi connectivity index (χ0v) is 12.5. The third kappa shape index (κ3) is 5.16. The Morgan fingerprint density at radius 2 is 2.30 bits per heavy atom. The Morgan fingerprint density at radius 1 is 1.55 bits per heavy atom. The predicted molar refractivity (Wildman–Crippen MR) is 77.7 cm³/mol. The largest absolute Gasteiger partial charge is 0.480 e. The summed E-state index contributed by atoms with van der Waals surface area (Å²) in [6.07, 6.45) is 3.84. The molecular formula is C13H20N2O4S. The summed E-state index contributed by atoms with van der Waals surface area (Å²) in [6.45, 7) is 2.63. The second-order valence-corrected chi connectivity index (χ2v) is 5.20. The van der Waals surface area contributed by atoms with Crippen molar-refractivity contribution in [1.82, 2.24) is 10.2 Å². The van der Waals surface area contributed by atoms with Gasteiger partial charge in [-0.25, -0.2) is 9.59 Å². The molecule has 1 heterocycles. The molecule has 0 saturated heterocycles. The number of rotatable bonds is 8. The molecule has 2 amide bonds. The van der Waals surface area contributed by atoms with Gasteiger partial charge in [-0.3, -0.25) is 0 Å². The first kappa shape index (κ1) is 16.4. The van der Waals surface area contributed by atoms with E-state index in [0.717, 1.165) is 0 Å². The number of hydrogen-bond acceptors (Lipinski definition) is 4. The van der Waals surface area contributed by atoms with Crippen LogP contribution in [-0.2, 0) is 11.3 Å². The van der Waals surface area contributed by atoms with Crippen molar-refractivity contribution in [2.75, 3.05) is 18.6 Å². The number of carboxylic acids is 1. The highest BCUT2D eigenvalue weighted by molar-refractivity contribution is 7.98. The van der Waals surface area contributed by atoms with E-state index in [9.17, 15) is 9.59 Å². The van der Waals surface area contributed by atoms with Crippen LogP contribution in [0.25, 0.3) is 0 Å². The Labute approximate surface area is 122 Å². The topological polar surface area (TPSA) is 82.8 Å². The van der Waals surface area contributed by atoms with E-state index in [1.165, 1.54) is 4.90 Å². The predicted octanol–water partition coefficient (Wildman–Crippen LogP) is 2.02. The van der Waals surface area contributed by atoms with Gasteiger partial charge >= 0.3 is 12.0 Å². The fourth-order valence-electron chi connectivity index (χ4n) is 1.65. The molecule has 0 aromatic carbocycles. The van der Waals surface area contributed by atoms with Crippen LogP contribution < -0.4 is 5.32 Å². The second-order valence-electron chi connectivity index (χ2n) is 4.22. The van der Waals surface area contributed by atoms with Crippen molar-refractivity contribution >= 4 is 23.8 Å². The summed E-state index contributed by atoms with van der Waals surface area (Å²) in [5.74, 6) is 0.334. The number of nitrogens with zero attached hydrogens (tertiary/aromatic N) is 1. The molecule has 2 N–H and O–H groups in total. The summed E-state index contributed by atoms with van der Waals surface area (Å²) in [4.78, 5) is 24.7. The van der Waals surface area contributed by atoms with Gasteiger partial charge in [-0.1, -0.05) is 0 Å². The van der Waals surface area contributed by atoms with E-state index in [2.05, 4.69) is 5.32 Å². The number of thioether (sulfide) groups is 1. The highest BCUT2D eigenvalue weighted by atomic mass is 32.2. The van der Waals surface area contributed by atoms with Crippen LogP contribution in [0.15, 0.2) is 22.8 Å². The van der Waals surface area contributed by atoms with Gasteiger partial charge in [-0.2, -0.15) is 11.8 Å². The molecule has 1 aromatic rings. The van der Waals surface area contributed by atoms with E-state index >= 15 is 0 Å². The molecule has 7 heteroatoms. The molecule has 1 rings (SSSR count). The van der Waals surface area contributed by atoms with Crippen LogP contribution in [0.2, 0.25) is 0 Å². The van der Waals surface area contributed by atoms with E-state index in [0.29, 0.717) is 31.0 Å². The quantitative estimate of drug-likeness (QED) is 0.767. The van der Waals surface area contributed by atoms with Crippen LogP contribution in [-0.4, -0.2) is 46.6 Å². The lowest BCUT2D eigenvalue weighted by molar-refractivity contribution is -0.139. The molecule has 6 nitrogen and oxygen atoms in total. The molecular weight excluding hydrogens is 280 g/mol. The number of carbonyl (C=O) groups excluding carboxylic acids is 1. The molecule has 0 fully saturated rings. The first-order chi connectivity index (χ1) is 9.58. The molecule has 0 bridgehead atoms. The van der Waals surface area contributed by atoms with Gasteiger partial charge < -0.3 is 19.7 Å². The number of furan rings is 1. The number of carboxylic acid groups (broad SMARTS) is 1. The number of nitrogens with one attached hydrogen (secondary N) is 1. The average molecular weight is 300 g/mol. The monoisotopic (exact) mass is 300 g/mol. The van der Waals surface area contributed by atoms with Crippen LogP contribution in [0, 0.1) is 0 Å². The maximum atomic E-state index is 12.1. The number of urea groups is 1. The third-order valence-corrected chi connectivity index (χ3v) is 3.45. The summed E-state index contributed by atoms with van der Waals surface area (Å²) in [5.41, 5.74) is 0. The lowest BCUT2D eigenvalue weighted by atomic mass is 10.2. The molecule has 0 radical (unpaired) electrons. The fourth-order valence-corrected chi connectivity index (χ4v) is 2.12. The van der Waals surface area contributed by atoms with Crippen molar-refractivity contribution in [3.63, 3.8) is 0 Å². The Hall–Kier alpha value is -1.63. The lowest BCUT2D eigenvalue weighted by Crippen LogP contribution is -2.47. The van der Waals surface area contributed by atoms with Crippen LogP contribution in [0.1, 0.15) is 19.1 Å². The molecule has 0 aliphatic carbocycles. The zero-order chi connectivity index (χ0) is 15.0. The molecule has 112 valence electrons. The summed E-state index contributed by atoms with van der Waals surface area (Å²) < 4.78 is 5.19. The third-order valence-electron chi connectivity index (χ3n) is 2.80. The normalized spacial score (nSPS) is 11.9. The van der Waals surface area contributed by atoms with E-state index < -0.39 is 18.0 Å². The highest BCUT2D eigenvalue weighted by Gasteiger charge is 2.22. The fraction of sp³-hybridized carbons (Fsp3) is 0.538. The van der Waals surface area contributed by atoms with E-state index in [4.69, 9.17) is 9.52 Å². The van der Waals surface area contributed by atoms with Crippen molar-refractivity contribution in [3.05, 3.63) is 24.2 Å². The molecule has 1 aromatic heterocycles. The Bertz CT molecular complexity index is 422. The summed E-state index contributed by atoms with van der Waals surface area (Å²) in [7, 11) is 0. The Balaban J connectivity index is 2.58. The minimum Gasteiger partial charge on any atom is -0.480 e. The summed E-state index contributed by atoms with van der Waals surface area (Å²) in [5, 5.41) is 11.6. The van der Waals surface area contributed by atoms with Gasteiger partial charge in [-0.15, -0.1) is 0 Å². The standard InChI is InChI=1S/C13H20N2O4S/c1-3-15(9-10-5-4-7-19-10)13(18)14-11(12(16)17)6-8-20-2/h4-5,7,11H,3,6,8-9H2,1-2H3,(H,14,18)(H,16,17). The number of hydrogen-bond donors (Lipinski definition) is 2. The summed E-state index contributed by atoms with van der Waals surface area (Å²) in [6, 6.07) is 2.27. The minimum absolute atomic E-state index is 0.324. The first-order valence-electron chi connectivity index (χ1n) is 6.38. The molecule has 1 unspecified atom stereocenters. The van der Waals surface area contributed by atoms with E-state index in [1.807, 2.05) is 13.2 Å². The SMILES string of the molecule is CCN(Cc1ccco1)C(=O)NC(CCSC)C(=O)O. The smallest absolute Gasteiger partial charge is 0.326 e. The zero-order valence-electron chi connectivity index (χ0n) is 11.7. The van der Waals surface area contributed by atoms with Crippen molar-refractivity contribution in [3.8, 4) is 0 Å². The van der Waals surface area contributed by atoms with Crippen LogP contribution >= 0.6 is 11.8 Å². The minimum atomic E-state index is -1.01. The van der Waals surface area contributed by atoms with Gasteiger partial charge in [0, 0.05) is 6.54 Å². The average Bonchev–Trinajstić information content (AvgIpc) is 2.93. The van der Waals surface area contributed by atoms with Gasteiger partial charge in [-0.05, 0) is 37.5 Å². The number of amides is 2. The van der Waals surface area contributed by atoms with Gasteiger partial charge in [0.25, 0.3) is 0 Å². The van der Waals surface area contributed by atoms with Crippen molar-refractivity contribution < 1.29 is 19.1 Å². The Morgan fingerprint density at radius 3 is 2.80 bits per heavy atom. The van der Waals surface area contributed by atoms with Gasteiger partial charge in [0.1, 0.15) is 11.8 Å². The van der Waals surface area contributed by atoms with Crippen molar-refractivity contribution in [2.45, 2.75) is 25.9 Å². The van der Waals surface area contributed by atoms with Crippen LogP contribution in [0.3, 0.4) is 0 Å². The van der Waals surface area contributed by atoms with Crippen LogP contribution in [0.4, 0.5) is 4.79 Å². The van der Waals surface area contributed by atoms with Gasteiger partial charge in [0.15, 0.2) is 0 Å². The van der Waals surface area contributed by atoms with Crippen molar-refractivity contribution in [1.29, 1.82) is 0 Å². The highest BCUT2D eigenvalue weighted by Crippen LogP contribution is 2.07. The molecule has 0 aliphatic heterocycles. The summed E-state index contributed by atoms with van der Waals surface area (Å²) >= 11 is 1.55. The number of aliphatic carboxylic acids is 1. The van der Waals surface area contributed by atoms with E-state index in [-0.39, 0.29) is 0 Å². The first-order valence-corrected chi connectivity index (χ1v) is 7.77. The second kappa shape index (κ2) is 8.52. The van der Waals surface area contributed by atoms with Gasteiger partial charge in [0.05, 0.1) is 12.8 Å². The maximum absolute atomic E-state index is 12.1. The molecule has 0 saturated carbocycles. The van der Waals surface area contributed by atoms with Crippen molar-refractivity contribution in [2.24, 2.45) is 0 Å². The Kier molecular flexibility index (Phi) is 7.00. The van der Waals surface area contributed by atoms with Crippen LogP contribution in [0.5, 0.6) is 0 Å². The van der Waals surface area contributed by atoms with Gasteiger partial charge in [0.2, 0.25) is 0 Å². The lowest BCUT2D eigenvalue weighted by Gasteiger charge is -2.23. The molecule has 0 spiro atoms. The maximum Gasteiger partial charge on any atom is 0.326 e. The molecule has 20 heavy (non-hydrogen) atoms. The molecule has 1 atom stereocenters. The van der Waals surface area contributed by atoms with E-state index in [1.54, 1.807) is 30.2 Å². The number of carbonyl (C=O) groups is 2.